The van der Waals surface area contributed by atoms with Crippen molar-refractivity contribution in [2.45, 2.75) is 63.7 Å². The Morgan fingerprint density at radius 1 is 1.06 bits per heavy atom. The number of hydrogen-bond acceptors (Lipinski definition) is 4. The molecular formula is C24H35N3O4S. The third kappa shape index (κ3) is 4.07. The third-order valence-electron chi connectivity index (χ3n) is 7.40. The Labute approximate surface area is 191 Å². The molecule has 0 aliphatic carbocycles. The zero-order valence-corrected chi connectivity index (χ0v) is 20.5. The molecule has 3 aliphatic rings. The van der Waals surface area contributed by atoms with Crippen LogP contribution in [0.5, 0.6) is 0 Å². The Hall–Kier alpha value is -1.93. The molecule has 0 aromatic heterocycles. The molecule has 2 saturated heterocycles. The molecule has 2 amide bonds. The highest BCUT2D eigenvalue weighted by atomic mass is 32.2. The predicted octanol–water partition coefficient (Wildman–Crippen LogP) is 2.99. The molecule has 0 spiro atoms. The summed E-state index contributed by atoms with van der Waals surface area (Å²) in [4.78, 5) is 29.8. The van der Waals surface area contributed by atoms with E-state index >= 15 is 0 Å². The molecule has 0 saturated carbocycles. The van der Waals surface area contributed by atoms with Gasteiger partial charge in [0.05, 0.1) is 10.3 Å². The van der Waals surface area contributed by atoms with Gasteiger partial charge in [0, 0.05) is 31.9 Å². The van der Waals surface area contributed by atoms with E-state index in [-0.39, 0.29) is 23.3 Å². The number of fused-ring (bicyclic) bond motifs is 1. The quantitative estimate of drug-likeness (QED) is 0.691. The van der Waals surface area contributed by atoms with Crippen LogP contribution in [-0.2, 0) is 25.0 Å². The summed E-state index contributed by atoms with van der Waals surface area (Å²) >= 11 is 0. The van der Waals surface area contributed by atoms with E-state index in [0.717, 1.165) is 38.8 Å². The summed E-state index contributed by atoms with van der Waals surface area (Å²) in [6.07, 6.45) is 3.87. The van der Waals surface area contributed by atoms with Crippen LogP contribution in [0.1, 0.15) is 58.9 Å². The number of sulfonamides is 1. The fourth-order valence-corrected chi connectivity index (χ4v) is 6.76. The molecule has 0 radical (unpaired) electrons. The standard InChI is InChI=1S/C24H35N3O4S/c1-17-9-12-25(13-10-17)22(28)16-27-21-8-7-19(14-20(21)24(3,4)23(27)29)32(30,31)26-11-5-6-18(2)15-26/h7-8,14,17-18H,5-6,9-13,15-16H2,1-4H3/t18-/m1/s1. The summed E-state index contributed by atoms with van der Waals surface area (Å²) in [5.74, 6) is 0.751. The Morgan fingerprint density at radius 2 is 1.75 bits per heavy atom. The van der Waals surface area contributed by atoms with Gasteiger partial charge in [0.25, 0.3) is 0 Å². The van der Waals surface area contributed by atoms with Crippen LogP contribution in [0.25, 0.3) is 0 Å². The maximum atomic E-state index is 13.3. The highest BCUT2D eigenvalue weighted by molar-refractivity contribution is 7.89. The van der Waals surface area contributed by atoms with Crippen LogP contribution in [0.2, 0.25) is 0 Å². The molecule has 3 heterocycles. The van der Waals surface area contributed by atoms with E-state index < -0.39 is 15.4 Å². The minimum absolute atomic E-state index is 0.000614. The minimum Gasteiger partial charge on any atom is -0.341 e. The maximum Gasteiger partial charge on any atom is 0.243 e. The number of piperidine rings is 2. The van der Waals surface area contributed by atoms with E-state index in [9.17, 15) is 18.0 Å². The lowest BCUT2D eigenvalue weighted by Crippen LogP contribution is -2.46. The smallest absolute Gasteiger partial charge is 0.243 e. The van der Waals surface area contributed by atoms with Crippen molar-refractivity contribution in [1.29, 1.82) is 0 Å². The van der Waals surface area contributed by atoms with E-state index in [2.05, 4.69) is 13.8 Å². The van der Waals surface area contributed by atoms with E-state index in [1.165, 1.54) is 4.90 Å². The van der Waals surface area contributed by atoms with Crippen LogP contribution in [0.15, 0.2) is 23.1 Å². The van der Waals surface area contributed by atoms with Crippen LogP contribution < -0.4 is 4.90 Å². The number of nitrogens with zero attached hydrogens (tertiary/aromatic N) is 3. The largest absolute Gasteiger partial charge is 0.341 e. The van der Waals surface area contributed by atoms with Gasteiger partial charge in [-0.25, -0.2) is 8.42 Å². The molecule has 2 fully saturated rings. The number of rotatable bonds is 4. The van der Waals surface area contributed by atoms with Crippen molar-refractivity contribution in [3.8, 4) is 0 Å². The summed E-state index contributed by atoms with van der Waals surface area (Å²) < 4.78 is 28.1. The van der Waals surface area contributed by atoms with Gasteiger partial charge < -0.3 is 9.80 Å². The van der Waals surface area contributed by atoms with Crippen LogP contribution in [0.4, 0.5) is 5.69 Å². The van der Waals surface area contributed by atoms with Crippen molar-refractivity contribution in [2.75, 3.05) is 37.6 Å². The van der Waals surface area contributed by atoms with E-state index in [4.69, 9.17) is 0 Å². The first-order valence-electron chi connectivity index (χ1n) is 11.8. The lowest BCUT2D eigenvalue weighted by molar-refractivity contribution is -0.133. The second kappa shape index (κ2) is 8.45. The zero-order chi connectivity index (χ0) is 23.3. The second-order valence-corrected chi connectivity index (χ2v) is 12.3. The van der Waals surface area contributed by atoms with Gasteiger partial charge in [-0.05, 0) is 75.1 Å². The van der Waals surface area contributed by atoms with Gasteiger partial charge in [0.15, 0.2) is 0 Å². The molecule has 3 aliphatic heterocycles. The van der Waals surface area contributed by atoms with Crippen LogP contribution >= 0.6 is 0 Å². The average Bonchev–Trinajstić information content (AvgIpc) is 2.94. The summed E-state index contributed by atoms with van der Waals surface area (Å²) in [6, 6.07) is 4.94. The van der Waals surface area contributed by atoms with Crippen LogP contribution in [-0.4, -0.2) is 62.2 Å². The molecule has 32 heavy (non-hydrogen) atoms. The maximum absolute atomic E-state index is 13.3. The number of carbonyl (C=O) groups is 2. The molecule has 1 aromatic rings. The number of carbonyl (C=O) groups excluding carboxylic acids is 2. The lowest BCUT2D eigenvalue weighted by atomic mass is 9.86. The van der Waals surface area contributed by atoms with Gasteiger partial charge in [-0.1, -0.05) is 13.8 Å². The second-order valence-electron chi connectivity index (χ2n) is 10.4. The van der Waals surface area contributed by atoms with E-state index in [1.54, 1.807) is 36.4 Å². The molecule has 1 aromatic carbocycles. The van der Waals surface area contributed by atoms with Gasteiger partial charge in [0.2, 0.25) is 21.8 Å². The normalized spacial score (nSPS) is 24.6. The summed E-state index contributed by atoms with van der Waals surface area (Å²) in [5, 5.41) is 0. The highest BCUT2D eigenvalue weighted by Gasteiger charge is 2.45. The molecule has 8 heteroatoms. The molecule has 7 nitrogen and oxygen atoms in total. The fraction of sp³-hybridized carbons (Fsp3) is 0.667. The van der Waals surface area contributed by atoms with Gasteiger partial charge in [-0.15, -0.1) is 0 Å². The molecule has 0 N–H and O–H groups in total. The lowest BCUT2D eigenvalue weighted by Gasteiger charge is -2.32. The third-order valence-corrected chi connectivity index (χ3v) is 9.26. The molecule has 0 unspecified atom stereocenters. The predicted molar refractivity (Wildman–Crippen MR) is 124 cm³/mol. The Morgan fingerprint density at radius 3 is 2.41 bits per heavy atom. The Kier molecular flexibility index (Phi) is 6.13. The van der Waals surface area contributed by atoms with Crippen molar-refractivity contribution in [2.24, 2.45) is 11.8 Å². The van der Waals surface area contributed by atoms with Crippen LogP contribution in [0.3, 0.4) is 0 Å². The van der Waals surface area contributed by atoms with Crippen LogP contribution in [0, 0.1) is 11.8 Å². The molecular weight excluding hydrogens is 426 g/mol. The summed E-state index contributed by atoms with van der Waals surface area (Å²) in [6.45, 7) is 10.4. The van der Waals surface area contributed by atoms with Gasteiger partial charge in [-0.3, -0.25) is 9.59 Å². The number of amides is 2. The topological polar surface area (TPSA) is 78.0 Å². The molecule has 0 bridgehead atoms. The molecule has 4 rings (SSSR count). The number of benzene rings is 1. The molecule has 1 atom stereocenters. The Bertz CT molecular complexity index is 1010. The average molecular weight is 462 g/mol. The fourth-order valence-electron chi connectivity index (χ4n) is 5.14. The van der Waals surface area contributed by atoms with E-state index in [1.807, 2.05) is 4.90 Å². The van der Waals surface area contributed by atoms with Gasteiger partial charge in [-0.2, -0.15) is 4.31 Å². The van der Waals surface area contributed by atoms with Crippen molar-refractivity contribution in [3.05, 3.63) is 23.8 Å². The number of hydrogen-bond donors (Lipinski definition) is 0. The van der Waals surface area contributed by atoms with E-state index in [0.29, 0.717) is 36.2 Å². The Balaban J connectivity index is 1.60. The van der Waals surface area contributed by atoms with Crippen molar-refractivity contribution < 1.29 is 18.0 Å². The monoisotopic (exact) mass is 461 g/mol. The van der Waals surface area contributed by atoms with Gasteiger partial charge >= 0.3 is 0 Å². The summed E-state index contributed by atoms with van der Waals surface area (Å²) in [7, 11) is -3.62. The number of likely N-dealkylation sites (tertiary alicyclic amines) is 1. The highest BCUT2D eigenvalue weighted by Crippen LogP contribution is 2.43. The first-order chi connectivity index (χ1) is 15.0. The zero-order valence-electron chi connectivity index (χ0n) is 19.6. The first kappa shape index (κ1) is 23.2. The SMILES string of the molecule is CC1CCN(C(=O)CN2C(=O)C(C)(C)c3cc(S(=O)(=O)N4CCC[C@@H](C)C4)ccc32)CC1. The summed E-state index contributed by atoms with van der Waals surface area (Å²) in [5.41, 5.74) is 0.436. The minimum atomic E-state index is -3.62. The van der Waals surface area contributed by atoms with Crippen molar-refractivity contribution >= 4 is 27.5 Å². The first-order valence-corrected chi connectivity index (χ1v) is 13.2. The number of anilines is 1. The van der Waals surface area contributed by atoms with Crippen molar-refractivity contribution in [1.82, 2.24) is 9.21 Å². The van der Waals surface area contributed by atoms with Crippen molar-refractivity contribution in [3.63, 3.8) is 0 Å². The van der Waals surface area contributed by atoms with Gasteiger partial charge in [0.1, 0.15) is 6.54 Å². The molecule has 176 valence electrons.